The van der Waals surface area contributed by atoms with E-state index < -0.39 is 0 Å². The summed E-state index contributed by atoms with van der Waals surface area (Å²) in [6.45, 7) is 0.798. The fraction of sp³-hybridized carbons (Fsp3) is 0.600. The monoisotopic (exact) mass is 231 g/mol. The van der Waals surface area contributed by atoms with E-state index in [4.69, 9.17) is 4.74 Å². The predicted octanol–water partition coefficient (Wildman–Crippen LogP) is 2.96. The van der Waals surface area contributed by atoms with Crippen molar-refractivity contribution in [2.45, 2.75) is 50.4 Å². The SMILES string of the molecule is CNC1CCCCC2(C1)OCc1ccccc12. The summed E-state index contributed by atoms with van der Waals surface area (Å²) in [5.74, 6) is 0. The first-order valence-electron chi connectivity index (χ1n) is 6.74. The van der Waals surface area contributed by atoms with Crippen LogP contribution < -0.4 is 5.32 Å². The molecular weight excluding hydrogens is 210 g/mol. The van der Waals surface area contributed by atoms with Gasteiger partial charge in [-0.15, -0.1) is 0 Å². The van der Waals surface area contributed by atoms with Gasteiger partial charge in [0.15, 0.2) is 0 Å². The maximum atomic E-state index is 6.22. The highest BCUT2D eigenvalue weighted by Crippen LogP contribution is 2.45. The van der Waals surface area contributed by atoms with Gasteiger partial charge in [0.05, 0.1) is 12.2 Å². The molecule has 1 aromatic carbocycles. The van der Waals surface area contributed by atoms with Crippen LogP contribution in [0.3, 0.4) is 0 Å². The average Bonchev–Trinajstić information content (AvgIpc) is 2.59. The van der Waals surface area contributed by atoms with Crippen molar-refractivity contribution in [3.63, 3.8) is 0 Å². The molecule has 2 heteroatoms. The average molecular weight is 231 g/mol. The van der Waals surface area contributed by atoms with Crippen molar-refractivity contribution in [2.75, 3.05) is 7.05 Å². The largest absolute Gasteiger partial charge is 0.366 e. The second-order valence-corrected chi connectivity index (χ2v) is 5.38. The number of fused-ring (bicyclic) bond motifs is 2. The fourth-order valence-corrected chi connectivity index (χ4v) is 3.41. The maximum Gasteiger partial charge on any atom is 0.0954 e. The summed E-state index contributed by atoms with van der Waals surface area (Å²) in [6, 6.07) is 9.34. The molecular formula is C15H21NO. The van der Waals surface area contributed by atoms with E-state index in [2.05, 4.69) is 36.6 Å². The lowest BCUT2D eigenvalue weighted by Gasteiger charge is -2.31. The van der Waals surface area contributed by atoms with Crippen LogP contribution in [-0.4, -0.2) is 13.1 Å². The minimum Gasteiger partial charge on any atom is -0.366 e. The van der Waals surface area contributed by atoms with Crippen LogP contribution in [0.25, 0.3) is 0 Å². The Labute approximate surface area is 103 Å². The molecule has 3 rings (SSSR count). The minimum atomic E-state index is 0.000764. The van der Waals surface area contributed by atoms with Crippen molar-refractivity contribution in [2.24, 2.45) is 0 Å². The van der Waals surface area contributed by atoms with Gasteiger partial charge in [0.2, 0.25) is 0 Å². The normalized spacial score (nSPS) is 32.4. The molecule has 0 aromatic heterocycles. The number of hydrogen-bond donors (Lipinski definition) is 1. The molecule has 0 amide bonds. The van der Waals surface area contributed by atoms with Crippen LogP contribution in [0.1, 0.15) is 43.2 Å². The van der Waals surface area contributed by atoms with Gasteiger partial charge in [-0.3, -0.25) is 0 Å². The summed E-state index contributed by atoms with van der Waals surface area (Å²) in [5, 5.41) is 3.45. The van der Waals surface area contributed by atoms with E-state index in [9.17, 15) is 0 Å². The smallest absolute Gasteiger partial charge is 0.0954 e. The maximum absolute atomic E-state index is 6.22. The Balaban J connectivity index is 1.95. The third-order valence-electron chi connectivity index (χ3n) is 4.38. The first-order chi connectivity index (χ1) is 8.34. The molecule has 1 heterocycles. The molecule has 2 unspecified atom stereocenters. The van der Waals surface area contributed by atoms with Gasteiger partial charge in [-0.05, 0) is 37.4 Å². The Bertz CT molecular complexity index is 404. The molecule has 2 aliphatic rings. The van der Waals surface area contributed by atoms with Crippen molar-refractivity contribution >= 4 is 0 Å². The molecule has 1 spiro atoms. The summed E-state index contributed by atoms with van der Waals surface area (Å²) in [7, 11) is 2.07. The molecule has 0 saturated heterocycles. The topological polar surface area (TPSA) is 21.3 Å². The zero-order chi connectivity index (χ0) is 11.7. The second kappa shape index (κ2) is 4.43. The van der Waals surface area contributed by atoms with E-state index in [1.54, 1.807) is 0 Å². The number of benzene rings is 1. The predicted molar refractivity (Wildman–Crippen MR) is 68.8 cm³/mol. The molecule has 2 atom stereocenters. The highest BCUT2D eigenvalue weighted by molar-refractivity contribution is 5.35. The van der Waals surface area contributed by atoms with E-state index in [-0.39, 0.29) is 5.60 Å². The summed E-state index contributed by atoms with van der Waals surface area (Å²) in [4.78, 5) is 0. The molecule has 92 valence electrons. The molecule has 0 radical (unpaired) electrons. The van der Waals surface area contributed by atoms with E-state index in [1.165, 1.54) is 36.8 Å². The second-order valence-electron chi connectivity index (χ2n) is 5.38. The van der Waals surface area contributed by atoms with E-state index >= 15 is 0 Å². The van der Waals surface area contributed by atoms with E-state index in [0.29, 0.717) is 6.04 Å². The number of rotatable bonds is 1. The van der Waals surface area contributed by atoms with Gasteiger partial charge >= 0.3 is 0 Å². The molecule has 1 aromatic rings. The summed E-state index contributed by atoms with van der Waals surface area (Å²) >= 11 is 0. The lowest BCUT2D eigenvalue weighted by atomic mass is 9.84. The lowest BCUT2D eigenvalue weighted by molar-refractivity contribution is -0.0533. The van der Waals surface area contributed by atoms with Gasteiger partial charge in [-0.2, -0.15) is 0 Å². The van der Waals surface area contributed by atoms with Crippen LogP contribution in [-0.2, 0) is 16.9 Å². The summed E-state index contributed by atoms with van der Waals surface area (Å²) in [5.41, 5.74) is 2.84. The van der Waals surface area contributed by atoms with Crippen molar-refractivity contribution in [1.82, 2.24) is 5.32 Å². The fourth-order valence-electron chi connectivity index (χ4n) is 3.41. The molecule has 1 fully saturated rings. The van der Waals surface area contributed by atoms with Crippen LogP contribution >= 0.6 is 0 Å². The summed E-state index contributed by atoms with van der Waals surface area (Å²) < 4.78 is 6.22. The molecule has 1 aliphatic heterocycles. The number of nitrogens with one attached hydrogen (secondary N) is 1. The van der Waals surface area contributed by atoms with Gasteiger partial charge in [-0.1, -0.05) is 37.1 Å². The minimum absolute atomic E-state index is 0.000764. The van der Waals surface area contributed by atoms with Crippen LogP contribution in [0.15, 0.2) is 24.3 Å². The van der Waals surface area contributed by atoms with Crippen LogP contribution in [0.4, 0.5) is 0 Å². The van der Waals surface area contributed by atoms with Crippen molar-refractivity contribution in [3.8, 4) is 0 Å². The van der Waals surface area contributed by atoms with Crippen molar-refractivity contribution in [3.05, 3.63) is 35.4 Å². The molecule has 0 bridgehead atoms. The molecule has 2 nitrogen and oxygen atoms in total. The zero-order valence-corrected chi connectivity index (χ0v) is 10.5. The van der Waals surface area contributed by atoms with Gasteiger partial charge in [-0.25, -0.2) is 0 Å². The summed E-state index contributed by atoms with van der Waals surface area (Å²) in [6.07, 6.45) is 6.19. The zero-order valence-electron chi connectivity index (χ0n) is 10.5. The quantitative estimate of drug-likeness (QED) is 0.802. The Kier molecular flexibility index (Phi) is 2.93. The highest BCUT2D eigenvalue weighted by atomic mass is 16.5. The van der Waals surface area contributed by atoms with Crippen LogP contribution in [0.2, 0.25) is 0 Å². The first-order valence-corrected chi connectivity index (χ1v) is 6.74. The van der Waals surface area contributed by atoms with Gasteiger partial charge in [0.1, 0.15) is 0 Å². The Morgan fingerprint density at radius 3 is 3.06 bits per heavy atom. The molecule has 1 N–H and O–H groups in total. The third kappa shape index (κ3) is 1.90. The Hall–Kier alpha value is -0.860. The lowest BCUT2D eigenvalue weighted by Crippen LogP contribution is -2.34. The number of ether oxygens (including phenoxy) is 1. The Morgan fingerprint density at radius 1 is 1.29 bits per heavy atom. The standard InChI is InChI=1S/C15H21NO/c1-16-13-7-4-5-9-15(10-13)14-8-3-2-6-12(14)11-17-15/h2-3,6,8,13,16H,4-5,7,9-11H2,1H3. The van der Waals surface area contributed by atoms with Gasteiger partial charge < -0.3 is 10.1 Å². The van der Waals surface area contributed by atoms with Gasteiger partial charge in [0, 0.05) is 6.04 Å². The highest BCUT2D eigenvalue weighted by Gasteiger charge is 2.41. The molecule has 1 aliphatic carbocycles. The van der Waals surface area contributed by atoms with E-state index in [1.807, 2.05) is 0 Å². The van der Waals surface area contributed by atoms with E-state index in [0.717, 1.165) is 13.0 Å². The molecule has 17 heavy (non-hydrogen) atoms. The number of hydrogen-bond acceptors (Lipinski definition) is 2. The van der Waals surface area contributed by atoms with Gasteiger partial charge in [0.25, 0.3) is 0 Å². The molecule has 1 saturated carbocycles. The van der Waals surface area contributed by atoms with Crippen molar-refractivity contribution < 1.29 is 4.74 Å². The first kappa shape index (κ1) is 11.2. The van der Waals surface area contributed by atoms with Crippen molar-refractivity contribution in [1.29, 1.82) is 0 Å². The third-order valence-corrected chi connectivity index (χ3v) is 4.38. The van der Waals surface area contributed by atoms with Crippen LogP contribution in [0.5, 0.6) is 0 Å². The Morgan fingerprint density at radius 2 is 2.18 bits per heavy atom. The van der Waals surface area contributed by atoms with Crippen LogP contribution in [0, 0.1) is 0 Å².